The largest absolute Gasteiger partial charge is 0.462 e. The van der Waals surface area contributed by atoms with E-state index in [0.29, 0.717) is 12.8 Å². The lowest BCUT2D eigenvalue weighted by Crippen LogP contribution is -2.40. The fourth-order valence-electron chi connectivity index (χ4n) is 2.78. The Balaban J connectivity index is 2.45. The molecule has 0 aromatic carbocycles. The zero-order valence-corrected chi connectivity index (χ0v) is 17.4. The Kier molecular flexibility index (Phi) is 7.83. The normalized spacial score (nSPS) is 25.0. The summed E-state index contributed by atoms with van der Waals surface area (Å²) in [5.74, 6) is -0.301. The van der Waals surface area contributed by atoms with Crippen molar-refractivity contribution >= 4 is 16.1 Å². The average Bonchev–Trinajstić information content (AvgIpc) is 3.09. The number of allylic oxidation sites excluding steroid dienone is 1. The van der Waals surface area contributed by atoms with Crippen LogP contribution in [0.3, 0.4) is 0 Å². The molecule has 1 rings (SSSR count). The van der Waals surface area contributed by atoms with Crippen LogP contribution >= 0.6 is 0 Å². The zero-order chi connectivity index (χ0) is 20.2. The molecule has 3 atom stereocenters. The summed E-state index contributed by atoms with van der Waals surface area (Å²) in [7, 11) is -3.65. The van der Waals surface area contributed by atoms with Crippen LogP contribution in [0.5, 0.6) is 0 Å². The molecule has 0 aromatic rings. The van der Waals surface area contributed by atoms with Gasteiger partial charge in [0.05, 0.1) is 23.6 Å². The van der Waals surface area contributed by atoms with E-state index in [-0.39, 0.29) is 24.3 Å². The van der Waals surface area contributed by atoms with Crippen LogP contribution in [-0.4, -0.2) is 55.8 Å². The van der Waals surface area contributed by atoms with E-state index in [4.69, 9.17) is 13.7 Å². The van der Waals surface area contributed by atoms with Gasteiger partial charge in [-0.3, -0.25) is 8.98 Å². The summed E-state index contributed by atoms with van der Waals surface area (Å²) in [6.07, 6.45) is 4.77. The Morgan fingerprint density at radius 3 is 2.50 bits per heavy atom. The van der Waals surface area contributed by atoms with Gasteiger partial charge in [-0.15, -0.1) is 0 Å². The average molecular weight is 393 g/mol. The van der Waals surface area contributed by atoms with Gasteiger partial charge in [-0.25, -0.2) is 0 Å². The van der Waals surface area contributed by atoms with Crippen molar-refractivity contribution in [1.29, 1.82) is 0 Å². The highest BCUT2D eigenvalue weighted by molar-refractivity contribution is 7.86. The summed E-state index contributed by atoms with van der Waals surface area (Å²) < 4.78 is 38.5. The third-order valence-electron chi connectivity index (χ3n) is 4.54. The first kappa shape index (κ1) is 23.1. The van der Waals surface area contributed by atoms with Crippen molar-refractivity contribution in [2.45, 2.75) is 83.7 Å². The van der Waals surface area contributed by atoms with Crippen molar-refractivity contribution < 1.29 is 32.0 Å². The van der Waals surface area contributed by atoms with Gasteiger partial charge in [0, 0.05) is 6.92 Å². The summed E-state index contributed by atoms with van der Waals surface area (Å²) in [5.41, 5.74) is -0.473. The molecule has 1 fully saturated rings. The van der Waals surface area contributed by atoms with E-state index in [1.54, 1.807) is 0 Å². The molecule has 0 bridgehead atoms. The van der Waals surface area contributed by atoms with E-state index in [1.807, 2.05) is 19.9 Å². The molecule has 152 valence electrons. The molecule has 1 saturated heterocycles. The highest BCUT2D eigenvalue weighted by atomic mass is 32.2. The van der Waals surface area contributed by atoms with E-state index >= 15 is 0 Å². The molecule has 1 aliphatic rings. The number of hydrogen-bond donors (Lipinski definition) is 1. The molecule has 1 N–H and O–H groups in total. The maximum Gasteiger partial charge on any atom is 0.302 e. The predicted molar refractivity (Wildman–Crippen MR) is 98.2 cm³/mol. The number of ether oxygens (including phenoxy) is 2. The van der Waals surface area contributed by atoms with E-state index in [0.717, 1.165) is 24.7 Å². The van der Waals surface area contributed by atoms with E-state index in [2.05, 4.69) is 0 Å². The fraction of sp³-hybridized carbons (Fsp3) is 0.833. The van der Waals surface area contributed by atoms with Gasteiger partial charge >= 0.3 is 5.97 Å². The summed E-state index contributed by atoms with van der Waals surface area (Å²) in [4.78, 5) is 10.7. The molecule has 1 heterocycles. The summed E-state index contributed by atoms with van der Waals surface area (Å²) >= 11 is 0. The number of carbonyl (C=O) groups excluding carboxylic acids is 1. The Morgan fingerprint density at radius 2 is 2.00 bits per heavy atom. The van der Waals surface area contributed by atoms with E-state index in [9.17, 15) is 18.3 Å². The topological polar surface area (TPSA) is 102 Å². The second kappa shape index (κ2) is 8.82. The molecular weight excluding hydrogens is 360 g/mol. The number of esters is 1. The molecule has 1 unspecified atom stereocenters. The van der Waals surface area contributed by atoms with Gasteiger partial charge in [0.2, 0.25) is 0 Å². The van der Waals surface area contributed by atoms with Gasteiger partial charge in [-0.05, 0) is 59.5 Å². The second-order valence-corrected chi connectivity index (χ2v) is 9.39. The standard InChI is InChI=1S/C18H32O7S/c1-13(10-12-23-14(2)19)7-8-16-18(5,24-16)11-9-15(17(3,4)20)25-26(6,21)22/h10,15-16,20H,7-9,11-12H2,1-6H3/b13-10+/t15-,16?,18+/m1/s1. The minimum Gasteiger partial charge on any atom is -0.462 e. The summed E-state index contributed by atoms with van der Waals surface area (Å²) in [5, 5.41) is 10.1. The first-order valence-electron chi connectivity index (χ1n) is 8.80. The SMILES string of the molecule is CC(=O)OC/C=C(\C)CCC1O[C@@]1(C)CC[C@@H](OS(C)(=O)=O)C(C)(C)O. The predicted octanol–water partition coefficient (Wildman–Crippen LogP) is 2.33. The van der Waals surface area contributed by atoms with Gasteiger partial charge in [-0.2, -0.15) is 8.42 Å². The minimum atomic E-state index is -3.65. The summed E-state index contributed by atoms with van der Waals surface area (Å²) in [6.45, 7) is 8.69. The molecule has 0 aliphatic carbocycles. The third kappa shape index (κ3) is 8.62. The van der Waals surface area contributed by atoms with Crippen molar-refractivity contribution in [3.05, 3.63) is 11.6 Å². The molecule has 0 spiro atoms. The fourth-order valence-corrected chi connectivity index (χ4v) is 3.54. The molecule has 26 heavy (non-hydrogen) atoms. The smallest absolute Gasteiger partial charge is 0.302 e. The minimum absolute atomic E-state index is 0.0836. The number of aliphatic hydroxyl groups is 1. The number of hydrogen-bond acceptors (Lipinski definition) is 7. The maximum atomic E-state index is 11.4. The molecule has 0 aromatic heterocycles. The van der Waals surface area contributed by atoms with Crippen molar-refractivity contribution in [3.63, 3.8) is 0 Å². The van der Waals surface area contributed by atoms with Crippen molar-refractivity contribution in [3.8, 4) is 0 Å². The van der Waals surface area contributed by atoms with Crippen LogP contribution in [0.4, 0.5) is 0 Å². The maximum absolute atomic E-state index is 11.4. The number of carbonyl (C=O) groups is 1. The highest BCUT2D eigenvalue weighted by Gasteiger charge is 2.51. The third-order valence-corrected chi connectivity index (χ3v) is 5.12. The van der Waals surface area contributed by atoms with Crippen LogP contribution in [0.15, 0.2) is 11.6 Å². The quantitative estimate of drug-likeness (QED) is 0.249. The molecule has 0 saturated carbocycles. The lowest BCUT2D eigenvalue weighted by molar-refractivity contribution is -0.139. The van der Waals surface area contributed by atoms with Gasteiger partial charge in [0.1, 0.15) is 12.7 Å². The van der Waals surface area contributed by atoms with Crippen LogP contribution in [-0.2, 0) is 28.6 Å². The Labute approximate surface area is 156 Å². The zero-order valence-electron chi connectivity index (χ0n) is 16.6. The first-order chi connectivity index (χ1) is 11.7. The van der Waals surface area contributed by atoms with Crippen molar-refractivity contribution in [2.75, 3.05) is 12.9 Å². The molecular formula is C18H32O7S. The van der Waals surface area contributed by atoms with E-state index < -0.39 is 21.8 Å². The van der Waals surface area contributed by atoms with Crippen LogP contribution < -0.4 is 0 Å². The molecule has 1 aliphatic heterocycles. The number of rotatable bonds is 11. The van der Waals surface area contributed by atoms with Crippen molar-refractivity contribution in [1.82, 2.24) is 0 Å². The van der Waals surface area contributed by atoms with Crippen molar-refractivity contribution in [2.24, 2.45) is 0 Å². The van der Waals surface area contributed by atoms with E-state index in [1.165, 1.54) is 20.8 Å². The molecule has 7 nitrogen and oxygen atoms in total. The monoisotopic (exact) mass is 392 g/mol. The summed E-state index contributed by atoms with van der Waals surface area (Å²) in [6, 6.07) is 0. The molecule has 8 heteroatoms. The first-order valence-corrected chi connectivity index (χ1v) is 10.6. The van der Waals surface area contributed by atoms with Crippen LogP contribution in [0.1, 0.15) is 60.3 Å². The Hall–Kier alpha value is -0.960. The lowest BCUT2D eigenvalue weighted by atomic mass is 9.91. The molecule has 0 radical (unpaired) electrons. The van der Waals surface area contributed by atoms with Crippen LogP contribution in [0, 0.1) is 0 Å². The van der Waals surface area contributed by atoms with Gasteiger partial charge in [0.25, 0.3) is 10.1 Å². The number of epoxide rings is 1. The molecule has 0 amide bonds. The van der Waals surface area contributed by atoms with Gasteiger partial charge < -0.3 is 14.6 Å². The Morgan fingerprint density at radius 1 is 1.38 bits per heavy atom. The van der Waals surface area contributed by atoms with Gasteiger partial charge in [-0.1, -0.05) is 5.57 Å². The highest BCUT2D eigenvalue weighted by Crippen LogP contribution is 2.44. The Bertz CT molecular complexity index is 618. The lowest BCUT2D eigenvalue weighted by Gasteiger charge is -2.28. The second-order valence-electron chi connectivity index (χ2n) is 7.79. The van der Waals surface area contributed by atoms with Crippen LogP contribution in [0.2, 0.25) is 0 Å². The van der Waals surface area contributed by atoms with Crippen LogP contribution in [0.25, 0.3) is 0 Å². The van der Waals surface area contributed by atoms with Gasteiger partial charge in [0.15, 0.2) is 0 Å².